The number of nitrogens with zero attached hydrogens (tertiary/aromatic N) is 1. The average Bonchev–Trinajstić information content (AvgIpc) is 2.91. The van der Waals surface area contributed by atoms with E-state index in [0.29, 0.717) is 17.9 Å². The first-order valence-electron chi connectivity index (χ1n) is 12.3. The number of hydrogen-bond donors (Lipinski definition) is 2. The van der Waals surface area contributed by atoms with E-state index in [0.717, 1.165) is 21.9 Å². The molecule has 0 aliphatic carbocycles. The number of carbonyl (C=O) groups is 1. The molecule has 0 heterocycles. The van der Waals surface area contributed by atoms with Gasteiger partial charge in [-0.2, -0.15) is 9.82 Å². The summed E-state index contributed by atoms with van der Waals surface area (Å²) in [7, 11) is -3.88. The maximum atomic E-state index is 12.9. The van der Waals surface area contributed by atoms with E-state index in [4.69, 9.17) is 4.74 Å². The van der Waals surface area contributed by atoms with Gasteiger partial charge in [0.15, 0.2) is 0 Å². The van der Waals surface area contributed by atoms with E-state index in [2.05, 4.69) is 33.4 Å². The molecule has 1 amide bonds. The number of aryl methyl sites for hydroxylation is 1. The number of benzene rings is 4. The highest BCUT2D eigenvalue weighted by atomic mass is 32.2. The predicted molar refractivity (Wildman–Crippen MR) is 151 cm³/mol. The van der Waals surface area contributed by atoms with Crippen molar-refractivity contribution in [2.75, 3.05) is 0 Å². The minimum atomic E-state index is -3.88. The lowest BCUT2D eigenvalue weighted by molar-refractivity contribution is -0.123. The van der Waals surface area contributed by atoms with Gasteiger partial charge < -0.3 is 4.74 Å². The van der Waals surface area contributed by atoms with Gasteiger partial charge in [-0.25, -0.2) is 13.8 Å². The van der Waals surface area contributed by atoms with Gasteiger partial charge >= 0.3 is 0 Å². The van der Waals surface area contributed by atoms with Crippen molar-refractivity contribution in [3.63, 3.8) is 0 Å². The predicted octanol–water partition coefficient (Wildman–Crippen LogP) is 5.18. The topological polar surface area (TPSA) is 96.9 Å². The standard InChI is InChI=1S/C30H31N3O4S/c1-21(2)29(33-38(35,36)26-17-15-22(3)16-18-26)30(34)32-31-19-24-10-5-7-14-28(24)37-20-25-12-8-11-23-9-4-6-13-27(23)25/h4-19,21,29,33H,20H2,1-3H3,(H,32,34)/b31-19-/t29-/m1/s1. The smallest absolute Gasteiger partial charge is 0.258 e. The van der Waals surface area contributed by atoms with Gasteiger partial charge in [0.1, 0.15) is 18.4 Å². The van der Waals surface area contributed by atoms with Crippen molar-refractivity contribution >= 4 is 32.9 Å². The number of para-hydroxylation sites is 1. The van der Waals surface area contributed by atoms with Crippen molar-refractivity contribution in [3.05, 3.63) is 108 Å². The Kier molecular flexibility index (Phi) is 8.55. The molecule has 0 aromatic heterocycles. The van der Waals surface area contributed by atoms with Crippen LogP contribution < -0.4 is 14.9 Å². The van der Waals surface area contributed by atoms with Crippen LogP contribution in [0.5, 0.6) is 5.75 Å². The second kappa shape index (κ2) is 12.0. The van der Waals surface area contributed by atoms with Gasteiger partial charge in [0.05, 0.1) is 11.1 Å². The molecule has 4 aromatic rings. The molecular weight excluding hydrogens is 498 g/mol. The Morgan fingerprint density at radius 1 is 0.921 bits per heavy atom. The number of carbonyl (C=O) groups excluding carboxylic acids is 1. The summed E-state index contributed by atoms with van der Waals surface area (Å²) in [6, 6.07) is 27.0. The summed E-state index contributed by atoms with van der Waals surface area (Å²) in [5.41, 5.74) is 5.15. The fraction of sp³-hybridized carbons (Fsp3) is 0.200. The Labute approximate surface area is 223 Å². The zero-order valence-corrected chi connectivity index (χ0v) is 22.4. The molecule has 38 heavy (non-hydrogen) atoms. The minimum Gasteiger partial charge on any atom is -0.488 e. The molecule has 7 nitrogen and oxygen atoms in total. The van der Waals surface area contributed by atoms with E-state index in [1.165, 1.54) is 18.3 Å². The van der Waals surface area contributed by atoms with Crippen LogP contribution in [0.15, 0.2) is 101 Å². The number of hydrazone groups is 1. The molecule has 0 spiro atoms. The molecule has 0 saturated carbocycles. The summed E-state index contributed by atoms with van der Waals surface area (Å²) in [5, 5.41) is 6.35. The van der Waals surface area contributed by atoms with Crippen LogP contribution in [0.1, 0.15) is 30.5 Å². The third-order valence-electron chi connectivity index (χ3n) is 6.12. The highest BCUT2D eigenvalue weighted by molar-refractivity contribution is 7.89. The summed E-state index contributed by atoms with van der Waals surface area (Å²) in [6.45, 7) is 5.78. The Morgan fingerprint density at radius 2 is 1.61 bits per heavy atom. The first-order valence-corrected chi connectivity index (χ1v) is 13.8. The normalized spacial score (nSPS) is 12.6. The van der Waals surface area contributed by atoms with Gasteiger partial charge in [0.2, 0.25) is 10.0 Å². The molecular formula is C30H31N3O4S. The number of hydrogen-bond acceptors (Lipinski definition) is 5. The van der Waals surface area contributed by atoms with Gasteiger partial charge in [-0.05, 0) is 53.4 Å². The second-order valence-corrected chi connectivity index (χ2v) is 11.1. The summed E-state index contributed by atoms with van der Waals surface area (Å²) < 4.78 is 34.3. The van der Waals surface area contributed by atoms with Crippen molar-refractivity contribution in [1.82, 2.24) is 10.1 Å². The Balaban J connectivity index is 1.43. The lowest BCUT2D eigenvalue weighted by Gasteiger charge is -2.20. The molecule has 0 fully saturated rings. The first kappa shape index (κ1) is 27.0. The average molecular weight is 530 g/mol. The quantitative estimate of drug-likeness (QED) is 0.219. The van der Waals surface area contributed by atoms with Crippen molar-refractivity contribution < 1.29 is 17.9 Å². The van der Waals surface area contributed by atoms with Crippen molar-refractivity contribution in [3.8, 4) is 5.75 Å². The lowest BCUT2D eigenvalue weighted by Crippen LogP contribution is -2.48. The largest absolute Gasteiger partial charge is 0.488 e. The molecule has 0 radical (unpaired) electrons. The van der Waals surface area contributed by atoms with Gasteiger partial charge in [0, 0.05) is 5.56 Å². The molecule has 0 aliphatic rings. The van der Waals surface area contributed by atoms with Crippen LogP contribution in [-0.2, 0) is 21.4 Å². The molecule has 4 aromatic carbocycles. The number of amides is 1. The molecule has 0 unspecified atom stereocenters. The first-order chi connectivity index (χ1) is 18.2. The molecule has 4 rings (SSSR count). The number of rotatable bonds is 10. The zero-order valence-electron chi connectivity index (χ0n) is 21.6. The van der Waals surface area contributed by atoms with Gasteiger partial charge in [-0.15, -0.1) is 0 Å². The lowest BCUT2D eigenvalue weighted by atomic mass is 10.1. The SMILES string of the molecule is Cc1ccc(S(=O)(=O)N[C@@H](C(=O)N/N=C\c2ccccc2OCc2cccc3ccccc23)C(C)C)cc1. The monoisotopic (exact) mass is 529 g/mol. The highest BCUT2D eigenvalue weighted by Crippen LogP contribution is 2.22. The fourth-order valence-corrected chi connectivity index (χ4v) is 5.32. The molecule has 196 valence electrons. The zero-order chi connectivity index (χ0) is 27.1. The number of ether oxygens (including phenoxy) is 1. The number of nitrogens with one attached hydrogen (secondary N) is 2. The highest BCUT2D eigenvalue weighted by Gasteiger charge is 2.28. The molecule has 0 aliphatic heterocycles. The van der Waals surface area contributed by atoms with Crippen molar-refractivity contribution in [2.45, 2.75) is 38.3 Å². The number of fused-ring (bicyclic) bond motifs is 1. The van der Waals surface area contributed by atoms with Crippen LogP contribution in [0.2, 0.25) is 0 Å². The van der Waals surface area contributed by atoms with Gasteiger partial charge in [-0.3, -0.25) is 4.79 Å². The summed E-state index contributed by atoms with van der Waals surface area (Å²) >= 11 is 0. The molecule has 0 bridgehead atoms. The Morgan fingerprint density at radius 3 is 2.37 bits per heavy atom. The van der Waals surface area contributed by atoms with Crippen LogP contribution in [0.3, 0.4) is 0 Å². The minimum absolute atomic E-state index is 0.0994. The van der Waals surface area contributed by atoms with E-state index in [1.807, 2.05) is 55.5 Å². The van der Waals surface area contributed by atoms with Gasteiger partial charge in [-0.1, -0.05) is 86.1 Å². The molecule has 1 atom stereocenters. The van der Waals surface area contributed by atoms with E-state index in [9.17, 15) is 13.2 Å². The maximum Gasteiger partial charge on any atom is 0.258 e. The van der Waals surface area contributed by atoms with E-state index in [-0.39, 0.29) is 10.8 Å². The van der Waals surface area contributed by atoms with Crippen LogP contribution in [0.4, 0.5) is 0 Å². The van der Waals surface area contributed by atoms with Crippen LogP contribution >= 0.6 is 0 Å². The van der Waals surface area contributed by atoms with E-state index >= 15 is 0 Å². The van der Waals surface area contributed by atoms with Crippen molar-refractivity contribution in [1.29, 1.82) is 0 Å². The maximum absolute atomic E-state index is 12.9. The molecule has 0 saturated heterocycles. The van der Waals surface area contributed by atoms with Crippen LogP contribution in [0.25, 0.3) is 10.8 Å². The van der Waals surface area contributed by atoms with Crippen molar-refractivity contribution in [2.24, 2.45) is 11.0 Å². The summed E-state index contributed by atoms with van der Waals surface area (Å²) in [5.74, 6) is -0.248. The Hall–Kier alpha value is -4.01. The fourth-order valence-electron chi connectivity index (χ4n) is 3.97. The third kappa shape index (κ3) is 6.65. The van der Waals surface area contributed by atoms with E-state index in [1.54, 1.807) is 26.0 Å². The van der Waals surface area contributed by atoms with Crippen LogP contribution in [0, 0.1) is 12.8 Å². The third-order valence-corrected chi connectivity index (χ3v) is 7.58. The molecule has 2 N–H and O–H groups in total. The summed E-state index contributed by atoms with van der Waals surface area (Å²) in [6.07, 6.45) is 1.49. The summed E-state index contributed by atoms with van der Waals surface area (Å²) in [4.78, 5) is 13.0. The second-order valence-electron chi connectivity index (χ2n) is 9.36. The Bertz CT molecular complexity index is 1540. The van der Waals surface area contributed by atoms with E-state index < -0.39 is 22.0 Å². The van der Waals surface area contributed by atoms with Crippen LogP contribution in [-0.4, -0.2) is 26.6 Å². The molecule has 8 heteroatoms. The number of sulfonamides is 1. The van der Waals surface area contributed by atoms with Gasteiger partial charge in [0.25, 0.3) is 5.91 Å².